The van der Waals surface area contributed by atoms with Gasteiger partial charge >= 0.3 is 0 Å². The summed E-state index contributed by atoms with van der Waals surface area (Å²) in [5.74, 6) is -0.907. The van der Waals surface area contributed by atoms with Crippen LogP contribution in [0, 0.1) is 0 Å². The zero-order valence-corrected chi connectivity index (χ0v) is 15.4. The van der Waals surface area contributed by atoms with Gasteiger partial charge in [-0.05, 0) is 36.4 Å². The maximum absolute atomic E-state index is 12.5. The Labute approximate surface area is 157 Å². The first-order chi connectivity index (χ1) is 12.8. The van der Waals surface area contributed by atoms with Gasteiger partial charge < -0.3 is 15.8 Å². The minimum Gasteiger partial charge on any atom is -0.495 e. The molecular weight excluding hydrogens is 370 g/mol. The van der Waals surface area contributed by atoms with Gasteiger partial charge in [0.1, 0.15) is 5.75 Å². The van der Waals surface area contributed by atoms with E-state index in [1.807, 2.05) is 0 Å². The van der Waals surface area contributed by atoms with Crippen molar-refractivity contribution in [2.24, 2.45) is 5.73 Å². The maximum atomic E-state index is 12.5. The van der Waals surface area contributed by atoms with E-state index in [1.54, 1.807) is 0 Å². The lowest BCUT2D eigenvalue weighted by atomic mass is 10.1. The highest BCUT2D eigenvalue weighted by Crippen LogP contribution is 2.26. The molecule has 0 heterocycles. The molecule has 0 aromatic heterocycles. The Morgan fingerprint density at radius 2 is 1.93 bits per heavy atom. The number of methoxy groups -OCH3 is 1. The fraction of sp³-hybridized carbons (Fsp3) is 0.111. The molecule has 0 saturated carbocycles. The molecule has 0 bridgehead atoms. The first-order valence-corrected chi connectivity index (χ1v) is 9.26. The zero-order valence-electron chi connectivity index (χ0n) is 14.6. The van der Waals surface area contributed by atoms with Gasteiger partial charge in [-0.2, -0.15) is 0 Å². The van der Waals surface area contributed by atoms with Gasteiger partial charge in [0.2, 0.25) is 15.9 Å². The van der Waals surface area contributed by atoms with E-state index in [0.29, 0.717) is 5.75 Å². The van der Waals surface area contributed by atoms with Crippen LogP contribution < -0.4 is 20.5 Å². The lowest BCUT2D eigenvalue weighted by molar-refractivity contribution is 0.0996. The van der Waals surface area contributed by atoms with Crippen LogP contribution >= 0.6 is 0 Å². The second kappa shape index (κ2) is 8.47. The fourth-order valence-corrected chi connectivity index (χ4v) is 3.25. The van der Waals surface area contributed by atoms with E-state index in [1.165, 1.54) is 55.7 Å². The molecule has 0 aliphatic heterocycles. The molecule has 27 heavy (non-hydrogen) atoms. The van der Waals surface area contributed by atoms with Crippen molar-refractivity contribution in [2.75, 3.05) is 19.0 Å². The Morgan fingerprint density at radius 1 is 1.19 bits per heavy atom. The summed E-state index contributed by atoms with van der Waals surface area (Å²) in [7, 11) is -2.36. The van der Waals surface area contributed by atoms with Crippen molar-refractivity contribution in [1.29, 1.82) is 0 Å². The number of amides is 2. The summed E-state index contributed by atoms with van der Waals surface area (Å²) in [6, 6.07) is 9.87. The van der Waals surface area contributed by atoms with Crippen LogP contribution in [0.5, 0.6) is 5.75 Å². The molecule has 0 unspecified atom stereocenters. The Balaban J connectivity index is 2.32. The number of carbonyl (C=O) groups excluding carboxylic acids is 2. The minimum absolute atomic E-state index is 0.0603. The molecule has 142 valence electrons. The highest BCUT2D eigenvalue weighted by Gasteiger charge is 2.17. The van der Waals surface area contributed by atoms with E-state index >= 15 is 0 Å². The summed E-state index contributed by atoms with van der Waals surface area (Å²) in [6.07, 6.45) is 1.41. The molecule has 2 rings (SSSR count). The van der Waals surface area contributed by atoms with Gasteiger partial charge in [-0.3, -0.25) is 9.59 Å². The zero-order chi connectivity index (χ0) is 20.0. The lowest BCUT2D eigenvalue weighted by Crippen LogP contribution is -2.24. The molecule has 2 aromatic rings. The molecule has 0 spiro atoms. The molecule has 0 aliphatic rings. The highest BCUT2D eigenvalue weighted by atomic mass is 32.2. The maximum Gasteiger partial charge on any atom is 0.255 e. The molecule has 4 N–H and O–H groups in total. The summed E-state index contributed by atoms with van der Waals surface area (Å²) >= 11 is 0. The molecule has 0 fully saturated rings. The van der Waals surface area contributed by atoms with Crippen molar-refractivity contribution in [2.45, 2.75) is 4.90 Å². The highest BCUT2D eigenvalue weighted by molar-refractivity contribution is 7.89. The monoisotopic (exact) mass is 389 g/mol. The number of primary amides is 1. The Morgan fingerprint density at radius 3 is 2.56 bits per heavy atom. The van der Waals surface area contributed by atoms with Gasteiger partial charge in [0, 0.05) is 17.7 Å². The topological polar surface area (TPSA) is 128 Å². The number of carbonyl (C=O) groups is 2. The van der Waals surface area contributed by atoms with Crippen molar-refractivity contribution >= 4 is 27.5 Å². The van der Waals surface area contributed by atoms with Gasteiger partial charge in [-0.1, -0.05) is 12.1 Å². The third kappa shape index (κ3) is 4.93. The molecule has 9 heteroatoms. The summed E-state index contributed by atoms with van der Waals surface area (Å²) in [6.45, 7) is 3.52. The van der Waals surface area contributed by atoms with Crippen molar-refractivity contribution in [3.8, 4) is 5.75 Å². The number of benzene rings is 2. The Hall–Kier alpha value is -3.17. The van der Waals surface area contributed by atoms with E-state index in [0.717, 1.165) is 0 Å². The predicted molar refractivity (Wildman–Crippen MR) is 101 cm³/mol. The molecule has 2 amide bonds. The lowest BCUT2D eigenvalue weighted by Gasteiger charge is -2.12. The third-order valence-corrected chi connectivity index (χ3v) is 4.98. The van der Waals surface area contributed by atoms with Gasteiger partial charge in [0.25, 0.3) is 5.91 Å². The number of nitrogens with two attached hydrogens (primary N) is 1. The van der Waals surface area contributed by atoms with Crippen molar-refractivity contribution < 1.29 is 22.7 Å². The largest absolute Gasteiger partial charge is 0.495 e. The Bertz CT molecular complexity index is 986. The molecule has 0 aliphatic carbocycles. The van der Waals surface area contributed by atoms with Crippen molar-refractivity contribution in [3.63, 3.8) is 0 Å². The van der Waals surface area contributed by atoms with Crippen LogP contribution in [0.25, 0.3) is 0 Å². The van der Waals surface area contributed by atoms with E-state index in [4.69, 9.17) is 10.5 Å². The summed E-state index contributed by atoms with van der Waals surface area (Å²) in [5, 5.41) is 2.59. The van der Waals surface area contributed by atoms with E-state index in [2.05, 4.69) is 16.6 Å². The predicted octanol–water partition coefficient (Wildman–Crippen LogP) is 1.51. The first kappa shape index (κ1) is 20.1. The normalized spacial score (nSPS) is 10.9. The van der Waals surface area contributed by atoms with Crippen LogP contribution in [0.4, 0.5) is 5.69 Å². The number of ether oxygens (including phenoxy) is 1. The third-order valence-electron chi connectivity index (χ3n) is 3.56. The number of anilines is 1. The van der Waals surface area contributed by atoms with Crippen LogP contribution in [0.15, 0.2) is 60.0 Å². The fourth-order valence-electron chi connectivity index (χ4n) is 2.21. The number of hydrogen-bond donors (Lipinski definition) is 3. The molecule has 0 atom stereocenters. The number of hydrogen-bond acceptors (Lipinski definition) is 5. The average Bonchev–Trinajstić information content (AvgIpc) is 2.66. The van der Waals surface area contributed by atoms with Crippen LogP contribution in [0.2, 0.25) is 0 Å². The van der Waals surface area contributed by atoms with Crippen LogP contribution in [0.1, 0.15) is 20.7 Å². The quantitative estimate of drug-likeness (QED) is 0.590. The van der Waals surface area contributed by atoms with Crippen molar-refractivity contribution in [1.82, 2.24) is 4.72 Å². The minimum atomic E-state index is -3.77. The van der Waals surface area contributed by atoms with Crippen LogP contribution in [-0.4, -0.2) is 33.9 Å². The molecular formula is C18H19N3O5S. The van der Waals surface area contributed by atoms with Crippen molar-refractivity contribution in [3.05, 3.63) is 66.2 Å². The number of rotatable bonds is 8. The summed E-state index contributed by atoms with van der Waals surface area (Å²) in [4.78, 5) is 23.8. The molecule has 0 radical (unpaired) electrons. The van der Waals surface area contributed by atoms with Crippen LogP contribution in [0.3, 0.4) is 0 Å². The molecule has 2 aromatic carbocycles. The van der Waals surface area contributed by atoms with E-state index in [9.17, 15) is 18.0 Å². The summed E-state index contributed by atoms with van der Waals surface area (Å²) < 4.78 is 31.9. The van der Waals surface area contributed by atoms with Gasteiger partial charge in [0.05, 0.1) is 17.7 Å². The number of nitrogens with one attached hydrogen (secondary N) is 2. The SMILES string of the molecule is C=CCNS(=O)(=O)c1cccc(C(=O)Nc2cc(C(N)=O)ccc2OC)c1. The van der Waals surface area contributed by atoms with Gasteiger partial charge in [-0.15, -0.1) is 6.58 Å². The number of sulfonamides is 1. The van der Waals surface area contributed by atoms with Crippen LogP contribution in [-0.2, 0) is 10.0 Å². The van der Waals surface area contributed by atoms with Gasteiger partial charge in [-0.25, -0.2) is 13.1 Å². The second-order valence-corrected chi connectivity index (χ2v) is 7.17. The van der Waals surface area contributed by atoms with E-state index in [-0.39, 0.29) is 28.3 Å². The smallest absolute Gasteiger partial charge is 0.255 e. The average molecular weight is 389 g/mol. The Kier molecular flexibility index (Phi) is 6.32. The standard InChI is InChI=1S/C18H19N3O5S/c1-3-9-20-27(24,25)14-6-4-5-13(10-14)18(23)21-15-11-12(17(19)22)7-8-16(15)26-2/h3-8,10-11,20H,1,9H2,2H3,(H2,19,22)(H,21,23). The molecule has 0 saturated heterocycles. The molecule has 8 nitrogen and oxygen atoms in total. The van der Waals surface area contributed by atoms with Gasteiger partial charge in [0.15, 0.2) is 0 Å². The summed E-state index contributed by atoms with van der Waals surface area (Å²) in [5.41, 5.74) is 5.79. The second-order valence-electron chi connectivity index (χ2n) is 5.40. The van der Waals surface area contributed by atoms with E-state index < -0.39 is 21.8 Å². The first-order valence-electron chi connectivity index (χ1n) is 7.78.